The molecule has 1 saturated heterocycles. The first-order chi connectivity index (χ1) is 9.81. The van der Waals surface area contributed by atoms with Crippen LogP contribution in [0.3, 0.4) is 0 Å². The minimum absolute atomic E-state index is 0.00795. The van der Waals surface area contributed by atoms with Crippen LogP contribution in [0, 0.1) is 5.92 Å². The number of piperidine rings is 1. The van der Waals surface area contributed by atoms with Crippen LogP contribution >= 0.6 is 0 Å². The zero-order chi connectivity index (χ0) is 16.0. The third-order valence-corrected chi connectivity index (χ3v) is 4.13. The van der Waals surface area contributed by atoms with Gasteiger partial charge in [0.25, 0.3) is 0 Å². The molecule has 0 saturated carbocycles. The Balaban J connectivity index is 2.51. The van der Waals surface area contributed by atoms with Crippen LogP contribution in [0.4, 0.5) is 4.79 Å². The Morgan fingerprint density at radius 2 is 1.86 bits per heavy atom. The molecule has 122 valence electrons. The molecule has 21 heavy (non-hydrogen) atoms. The highest BCUT2D eigenvalue weighted by Gasteiger charge is 2.25. The van der Waals surface area contributed by atoms with Gasteiger partial charge in [0.05, 0.1) is 6.42 Å². The molecule has 1 aliphatic heterocycles. The van der Waals surface area contributed by atoms with Gasteiger partial charge in [-0.05, 0) is 52.7 Å². The van der Waals surface area contributed by atoms with Gasteiger partial charge in [0.1, 0.15) is 0 Å². The third-order valence-electron chi connectivity index (χ3n) is 4.13. The van der Waals surface area contributed by atoms with E-state index in [1.165, 1.54) is 0 Å². The van der Waals surface area contributed by atoms with Crippen molar-refractivity contribution >= 4 is 12.0 Å². The summed E-state index contributed by atoms with van der Waals surface area (Å²) >= 11 is 0. The lowest BCUT2D eigenvalue weighted by molar-refractivity contribution is -0.137. The number of hydrogen-bond acceptors (Lipinski definition) is 3. The first-order valence-corrected chi connectivity index (χ1v) is 7.73. The van der Waals surface area contributed by atoms with E-state index < -0.39 is 5.97 Å². The number of amides is 2. The lowest BCUT2D eigenvalue weighted by Crippen LogP contribution is -2.47. The highest BCUT2D eigenvalue weighted by Crippen LogP contribution is 2.17. The van der Waals surface area contributed by atoms with Gasteiger partial charge in [0.2, 0.25) is 0 Å². The topological polar surface area (TPSA) is 64.1 Å². The zero-order valence-corrected chi connectivity index (χ0v) is 13.7. The number of carbonyl (C=O) groups excluding carboxylic acids is 1. The molecule has 0 atom stereocenters. The Hall–Kier alpha value is -1.30. The van der Waals surface area contributed by atoms with Crippen molar-refractivity contribution in [3.8, 4) is 0 Å². The average molecular weight is 299 g/mol. The Morgan fingerprint density at radius 3 is 2.33 bits per heavy atom. The largest absolute Gasteiger partial charge is 0.481 e. The number of rotatable bonds is 6. The number of carbonyl (C=O) groups is 2. The summed E-state index contributed by atoms with van der Waals surface area (Å²) in [6.45, 7) is 7.03. The van der Waals surface area contributed by atoms with Crippen LogP contribution in [0.5, 0.6) is 0 Å². The van der Waals surface area contributed by atoms with Gasteiger partial charge in [-0.3, -0.25) is 4.79 Å². The summed E-state index contributed by atoms with van der Waals surface area (Å²) in [7, 11) is 3.94. The maximum absolute atomic E-state index is 12.5. The van der Waals surface area contributed by atoms with Gasteiger partial charge in [0.15, 0.2) is 0 Å². The van der Waals surface area contributed by atoms with E-state index in [1.807, 2.05) is 20.9 Å². The molecule has 6 nitrogen and oxygen atoms in total. The second-order valence-corrected chi connectivity index (χ2v) is 6.34. The van der Waals surface area contributed by atoms with Crippen molar-refractivity contribution < 1.29 is 14.7 Å². The molecule has 1 rings (SSSR count). The van der Waals surface area contributed by atoms with Crippen LogP contribution in [0.15, 0.2) is 0 Å². The van der Waals surface area contributed by atoms with Crippen molar-refractivity contribution in [2.24, 2.45) is 5.92 Å². The molecular weight excluding hydrogens is 270 g/mol. The fraction of sp³-hybridized carbons (Fsp3) is 0.867. The quantitative estimate of drug-likeness (QED) is 0.808. The van der Waals surface area contributed by atoms with Gasteiger partial charge in [-0.1, -0.05) is 0 Å². The first kappa shape index (κ1) is 17.8. The molecule has 0 radical (unpaired) electrons. The van der Waals surface area contributed by atoms with E-state index in [2.05, 4.69) is 11.9 Å². The summed E-state index contributed by atoms with van der Waals surface area (Å²) in [6.07, 6.45) is 2.22. The maximum atomic E-state index is 12.5. The number of nitrogens with zero attached hydrogens (tertiary/aromatic N) is 3. The summed E-state index contributed by atoms with van der Waals surface area (Å²) in [4.78, 5) is 28.9. The lowest BCUT2D eigenvalue weighted by Gasteiger charge is -2.35. The van der Waals surface area contributed by atoms with E-state index in [0.29, 0.717) is 5.92 Å². The van der Waals surface area contributed by atoms with E-state index in [0.717, 1.165) is 32.5 Å². The molecule has 0 aliphatic carbocycles. The minimum Gasteiger partial charge on any atom is -0.481 e. The molecule has 0 aromatic carbocycles. The normalized spacial score (nSPS) is 17.0. The molecule has 0 unspecified atom stereocenters. The minimum atomic E-state index is -0.869. The van der Waals surface area contributed by atoms with Gasteiger partial charge in [-0.2, -0.15) is 0 Å². The molecular formula is C15H29N3O3. The Morgan fingerprint density at radius 1 is 1.29 bits per heavy atom. The van der Waals surface area contributed by atoms with Gasteiger partial charge < -0.3 is 19.8 Å². The maximum Gasteiger partial charge on any atom is 0.319 e. The van der Waals surface area contributed by atoms with Crippen LogP contribution in [0.1, 0.15) is 33.1 Å². The number of carboxylic acids is 1. The monoisotopic (exact) mass is 299 g/mol. The lowest BCUT2D eigenvalue weighted by atomic mass is 9.97. The van der Waals surface area contributed by atoms with E-state index in [1.54, 1.807) is 9.80 Å². The van der Waals surface area contributed by atoms with Gasteiger partial charge in [-0.15, -0.1) is 0 Å². The van der Waals surface area contributed by atoms with Crippen molar-refractivity contribution in [3.05, 3.63) is 0 Å². The SMILES string of the molecule is CC(C)N(CCC(=O)O)C(=O)N(C)CC1CCN(C)CC1. The van der Waals surface area contributed by atoms with E-state index in [9.17, 15) is 9.59 Å². The molecule has 0 aromatic rings. The summed E-state index contributed by atoms with van der Waals surface area (Å²) in [5.74, 6) is -0.324. The Bertz CT molecular complexity index is 352. The molecule has 2 amide bonds. The van der Waals surface area contributed by atoms with Crippen molar-refractivity contribution in [1.82, 2.24) is 14.7 Å². The van der Waals surface area contributed by atoms with Crippen LogP contribution in [-0.2, 0) is 4.79 Å². The fourth-order valence-corrected chi connectivity index (χ4v) is 2.72. The van der Waals surface area contributed by atoms with Gasteiger partial charge in [0, 0.05) is 26.2 Å². The summed E-state index contributed by atoms with van der Waals surface area (Å²) in [5.41, 5.74) is 0. The van der Waals surface area contributed by atoms with E-state index >= 15 is 0 Å². The first-order valence-electron chi connectivity index (χ1n) is 7.73. The van der Waals surface area contributed by atoms with E-state index in [4.69, 9.17) is 5.11 Å². The second kappa shape index (κ2) is 8.22. The summed E-state index contributed by atoms with van der Waals surface area (Å²) < 4.78 is 0. The standard InChI is InChI=1S/C15H29N3O3/c1-12(2)18(10-7-14(19)20)15(21)17(4)11-13-5-8-16(3)9-6-13/h12-13H,5-11H2,1-4H3,(H,19,20). The third kappa shape index (κ3) is 5.91. The summed E-state index contributed by atoms with van der Waals surface area (Å²) in [5, 5.41) is 8.79. The second-order valence-electron chi connectivity index (χ2n) is 6.34. The van der Waals surface area contributed by atoms with Crippen LogP contribution in [0.25, 0.3) is 0 Å². The summed E-state index contributed by atoms with van der Waals surface area (Å²) in [6, 6.07) is -0.0537. The fourth-order valence-electron chi connectivity index (χ4n) is 2.72. The van der Waals surface area contributed by atoms with Crippen LogP contribution in [0.2, 0.25) is 0 Å². The molecule has 1 heterocycles. The zero-order valence-electron chi connectivity index (χ0n) is 13.7. The van der Waals surface area contributed by atoms with Crippen molar-refractivity contribution in [3.63, 3.8) is 0 Å². The predicted octanol–water partition coefficient (Wildman–Crippen LogP) is 1.57. The van der Waals surface area contributed by atoms with Crippen LogP contribution in [-0.4, -0.2) is 78.1 Å². The molecule has 1 N–H and O–H groups in total. The van der Waals surface area contributed by atoms with Gasteiger partial charge >= 0.3 is 12.0 Å². The molecule has 0 bridgehead atoms. The van der Waals surface area contributed by atoms with Crippen molar-refractivity contribution in [2.45, 2.75) is 39.2 Å². The molecule has 0 spiro atoms. The Labute approximate surface area is 127 Å². The average Bonchev–Trinajstić information content (AvgIpc) is 2.40. The smallest absolute Gasteiger partial charge is 0.319 e. The highest BCUT2D eigenvalue weighted by molar-refractivity contribution is 5.75. The van der Waals surface area contributed by atoms with Crippen molar-refractivity contribution in [2.75, 3.05) is 40.3 Å². The number of urea groups is 1. The molecule has 1 aliphatic rings. The number of likely N-dealkylation sites (tertiary alicyclic amines) is 1. The Kier molecular flexibility index (Phi) is 6.95. The highest BCUT2D eigenvalue weighted by atomic mass is 16.4. The van der Waals surface area contributed by atoms with Crippen molar-refractivity contribution in [1.29, 1.82) is 0 Å². The van der Waals surface area contributed by atoms with E-state index in [-0.39, 0.29) is 25.0 Å². The molecule has 0 aromatic heterocycles. The molecule has 6 heteroatoms. The number of hydrogen-bond donors (Lipinski definition) is 1. The van der Waals surface area contributed by atoms with Gasteiger partial charge in [-0.25, -0.2) is 4.79 Å². The number of carboxylic acid groups (broad SMARTS) is 1. The predicted molar refractivity (Wildman–Crippen MR) is 82.3 cm³/mol. The van der Waals surface area contributed by atoms with Crippen LogP contribution < -0.4 is 0 Å². The number of aliphatic carboxylic acids is 1. The molecule has 1 fully saturated rings.